The van der Waals surface area contributed by atoms with E-state index >= 15 is 0 Å². The molecule has 3 rings (SSSR count). The van der Waals surface area contributed by atoms with Crippen LogP contribution in [0, 0.1) is 0 Å². The first-order chi connectivity index (χ1) is 11.5. The number of nitrogens with zero attached hydrogens (tertiary/aromatic N) is 2. The molecule has 0 aromatic heterocycles. The topological polar surface area (TPSA) is 82.9 Å². The Morgan fingerprint density at radius 3 is 2.71 bits per heavy atom. The lowest BCUT2D eigenvalue weighted by atomic mass is 9.99. The van der Waals surface area contributed by atoms with Gasteiger partial charge in [-0.25, -0.2) is 4.79 Å². The van der Waals surface area contributed by atoms with Crippen molar-refractivity contribution in [2.45, 2.75) is 6.04 Å². The molecule has 0 radical (unpaired) electrons. The van der Waals surface area contributed by atoms with E-state index in [0.717, 1.165) is 5.56 Å². The van der Waals surface area contributed by atoms with Gasteiger partial charge in [0.2, 0.25) is 0 Å². The van der Waals surface area contributed by atoms with Crippen LogP contribution in [-0.4, -0.2) is 18.5 Å². The number of nitrogens with one attached hydrogen (secondary N) is 2. The van der Waals surface area contributed by atoms with Gasteiger partial charge in [0.05, 0.1) is 10.0 Å². The fraction of sp³-hybridized carbons (Fsp3) is 0.125. The standard InChI is InChI=1S/C16H12Cl2N4O2/c17-12-6-5-9(7-13(12)18)20-16(24)19-8-14-10-3-1-2-4-11(10)15(23)22-21-14/h1-7,14H,8H2,(H2,19,20,24). The van der Waals surface area contributed by atoms with Gasteiger partial charge in [0.25, 0.3) is 5.91 Å². The Hall–Kier alpha value is -2.44. The zero-order valence-corrected chi connectivity index (χ0v) is 13.8. The molecule has 2 aromatic rings. The Labute approximate surface area is 147 Å². The van der Waals surface area contributed by atoms with E-state index in [2.05, 4.69) is 20.9 Å². The van der Waals surface area contributed by atoms with E-state index in [1.807, 2.05) is 6.07 Å². The zero-order chi connectivity index (χ0) is 17.1. The summed E-state index contributed by atoms with van der Waals surface area (Å²) in [6.45, 7) is 0.209. The molecule has 24 heavy (non-hydrogen) atoms. The van der Waals surface area contributed by atoms with E-state index in [1.54, 1.807) is 36.4 Å². The molecule has 0 saturated carbocycles. The molecule has 1 aliphatic heterocycles. The largest absolute Gasteiger partial charge is 0.335 e. The third-order valence-corrected chi connectivity index (χ3v) is 4.21. The van der Waals surface area contributed by atoms with E-state index in [4.69, 9.17) is 23.2 Å². The quantitative estimate of drug-likeness (QED) is 0.844. The highest BCUT2D eigenvalue weighted by atomic mass is 35.5. The van der Waals surface area contributed by atoms with Crippen molar-refractivity contribution < 1.29 is 9.59 Å². The molecule has 2 aromatic carbocycles. The van der Waals surface area contributed by atoms with Crippen LogP contribution in [0.3, 0.4) is 0 Å². The Balaban J connectivity index is 1.63. The zero-order valence-electron chi connectivity index (χ0n) is 12.3. The van der Waals surface area contributed by atoms with Gasteiger partial charge in [0, 0.05) is 17.8 Å². The van der Waals surface area contributed by atoms with Gasteiger partial charge in [-0.1, -0.05) is 41.4 Å². The number of urea groups is 1. The lowest BCUT2D eigenvalue weighted by molar-refractivity contribution is 0.0985. The molecule has 0 spiro atoms. The van der Waals surface area contributed by atoms with Crippen LogP contribution in [-0.2, 0) is 0 Å². The predicted molar refractivity (Wildman–Crippen MR) is 91.9 cm³/mol. The Kier molecular flexibility index (Phi) is 4.78. The van der Waals surface area contributed by atoms with Crippen molar-refractivity contribution in [3.8, 4) is 0 Å². The monoisotopic (exact) mass is 362 g/mol. The number of azo groups is 1. The molecule has 0 bridgehead atoms. The number of fused-ring (bicyclic) bond motifs is 1. The second-order valence-electron chi connectivity index (χ2n) is 5.09. The highest BCUT2D eigenvalue weighted by Gasteiger charge is 2.23. The number of anilines is 1. The first kappa shape index (κ1) is 16.4. The maximum atomic E-state index is 12.0. The molecule has 2 N–H and O–H groups in total. The van der Waals surface area contributed by atoms with E-state index < -0.39 is 12.1 Å². The Morgan fingerprint density at radius 2 is 1.92 bits per heavy atom. The molecule has 3 amide bonds. The van der Waals surface area contributed by atoms with E-state index in [0.29, 0.717) is 21.3 Å². The molecule has 122 valence electrons. The molecule has 1 atom stereocenters. The highest BCUT2D eigenvalue weighted by molar-refractivity contribution is 6.42. The maximum Gasteiger partial charge on any atom is 0.319 e. The van der Waals surface area contributed by atoms with Crippen molar-refractivity contribution in [1.82, 2.24) is 5.32 Å². The first-order valence-electron chi connectivity index (χ1n) is 7.08. The minimum atomic E-state index is -0.419. The van der Waals surface area contributed by atoms with Crippen LogP contribution < -0.4 is 10.6 Å². The van der Waals surface area contributed by atoms with Crippen LogP contribution in [0.4, 0.5) is 10.5 Å². The number of rotatable bonds is 3. The number of carbonyl (C=O) groups excluding carboxylic acids is 2. The number of hydrogen-bond acceptors (Lipinski definition) is 3. The first-order valence-corrected chi connectivity index (χ1v) is 7.84. The lowest BCUT2D eigenvalue weighted by Crippen LogP contribution is -2.32. The van der Waals surface area contributed by atoms with Crippen molar-refractivity contribution in [3.05, 3.63) is 63.6 Å². The van der Waals surface area contributed by atoms with Crippen LogP contribution in [0.25, 0.3) is 0 Å². The summed E-state index contributed by atoms with van der Waals surface area (Å²) >= 11 is 11.7. The number of amides is 3. The summed E-state index contributed by atoms with van der Waals surface area (Å²) in [7, 11) is 0. The lowest BCUT2D eigenvalue weighted by Gasteiger charge is -2.18. The summed E-state index contributed by atoms with van der Waals surface area (Å²) in [5, 5.41) is 13.7. The van der Waals surface area contributed by atoms with Gasteiger partial charge in [0.1, 0.15) is 6.04 Å². The summed E-state index contributed by atoms with van der Waals surface area (Å²) in [5.74, 6) is -0.373. The molecule has 0 saturated heterocycles. The summed E-state index contributed by atoms with van der Waals surface area (Å²) in [5.41, 5.74) is 1.76. The highest BCUT2D eigenvalue weighted by Crippen LogP contribution is 2.27. The number of hydrogen-bond donors (Lipinski definition) is 2. The van der Waals surface area contributed by atoms with Crippen LogP contribution in [0.5, 0.6) is 0 Å². The van der Waals surface area contributed by atoms with Gasteiger partial charge in [-0.05, 0) is 29.8 Å². The number of halogens is 2. The van der Waals surface area contributed by atoms with Gasteiger partial charge in [-0.2, -0.15) is 5.11 Å². The van der Waals surface area contributed by atoms with Gasteiger partial charge < -0.3 is 10.6 Å². The SMILES string of the molecule is O=C(NCC1N=NC(=O)c2ccccc21)Nc1ccc(Cl)c(Cl)c1. The normalized spacial score (nSPS) is 15.8. The molecule has 0 aliphatic carbocycles. The summed E-state index contributed by atoms with van der Waals surface area (Å²) in [4.78, 5) is 23.7. The average molecular weight is 363 g/mol. The van der Waals surface area contributed by atoms with Crippen LogP contribution in [0.1, 0.15) is 22.0 Å². The molecule has 6 nitrogen and oxygen atoms in total. The van der Waals surface area contributed by atoms with Crippen LogP contribution >= 0.6 is 23.2 Å². The molecular weight excluding hydrogens is 351 g/mol. The Bertz CT molecular complexity index is 839. The van der Waals surface area contributed by atoms with Gasteiger partial charge >= 0.3 is 6.03 Å². The van der Waals surface area contributed by atoms with E-state index in [-0.39, 0.29) is 12.5 Å². The van der Waals surface area contributed by atoms with Crippen molar-refractivity contribution in [1.29, 1.82) is 0 Å². The minimum absolute atomic E-state index is 0.209. The molecule has 1 aliphatic rings. The maximum absolute atomic E-state index is 12.0. The molecule has 1 unspecified atom stereocenters. The number of carbonyl (C=O) groups is 2. The second-order valence-corrected chi connectivity index (χ2v) is 5.90. The summed E-state index contributed by atoms with van der Waals surface area (Å²) in [6.07, 6.45) is 0. The Morgan fingerprint density at radius 1 is 1.12 bits per heavy atom. The third kappa shape index (κ3) is 3.55. The molecular formula is C16H12Cl2N4O2. The molecule has 8 heteroatoms. The van der Waals surface area contributed by atoms with Gasteiger partial charge in [-0.15, -0.1) is 5.11 Å². The third-order valence-electron chi connectivity index (χ3n) is 3.47. The summed E-state index contributed by atoms with van der Waals surface area (Å²) in [6, 6.07) is 11.0. The van der Waals surface area contributed by atoms with Gasteiger partial charge in [-0.3, -0.25) is 4.79 Å². The summed E-state index contributed by atoms with van der Waals surface area (Å²) < 4.78 is 0. The predicted octanol–water partition coefficient (Wildman–Crippen LogP) is 4.46. The second kappa shape index (κ2) is 6.98. The molecule has 1 heterocycles. The molecule has 0 fully saturated rings. The van der Waals surface area contributed by atoms with E-state index in [1.165, 1.54) is 0 Å². The van der Waals surface area contributed by atoms with Crippen molar-refractivity contribution in [2.24, 2.45) is 10.2 Å². The van der Waals surface area contributed by atoms with Crippen molar-refractivity contribution >= 4 is 40.8 Å². The van der Waals surface area contributed by atoms with Crippen LogP contribution in [0.2, 0.25) is 10.0 Å². The van der Waals surface area contributed by atoms with Crippen molar-refractivity contribution in [3.63, 3.8) is 0 Å². The van der Waals surface area contributed by atoms with Gasteiger partial charge in [0.15, 0.2) is 0 Å². The van der Waals surface area contributed by atoms with Crippen molar-refractivity contribution in [2.75, 3.05) is 11.9 Å². The smallest absolute Gasteiger partial charge is 0.319 e. The van der Waals surface area contributed by atoms with E-state index in [9.17, 15) is 9.59 Å². The fourth-order valence-corrected chi connectivity index (χ4v) is 2.61. The van der Waals surface area contributed by atoms with Crippen LogP contribution in [0.15, 0.2) is 52.7 Å². The number of benzene rings is 2. The minimum Gasteiger partial charge on any atom is -0.335 e. The average Bonchev–Trinajstić information content (AvgIpc) is 2.58. The fourth-order valence-electron chi connectivity index (χ4n) is 2.31.